The lowest BCUT2D eigenvalue weighted by atomic mass is 9.69. The van der Waals surface area contributed by atoms with E-state index >= 15 is 0 Å². The quantitative estimate of drug-likeness (QED) is 0.463. The van der Waals surface area contributed by atoms with Crippen molar-refractivity contribution in [3.8, 4) is 0 Å². The largest absolute Gasteiger partial charge is 0.666 e. The molecule has 3 saturated heterocycles. The highest BCUT2D eigenvalue weighted by atomic mass is 28.3. The Morgan fingerprint density at radius 1 is 0.971 bits per heavy atom. The Hall–Kier alpha value is -2.09. The molecule has 0 saturated carbocycles. The Labute approximate surface area is 203 Å². The van der Waals surface area contributed by atoms with E-state index in [0.717, 1.165) is 37.4 Å². The van der Waals surface area contributed by atoms with E-state index in [1.54, 1.807) is 0 Å². The van der Waals surface area contributed by atoms with Crippen molar-refractivity contribution in [2.24, 2.45) is 0 Å². The predicted octanol–water partition coefficient (Wildman–Crippen LogP) is 3.21. The van der Waals surface area contributed by atoms with Crippen molar-refractivity contribution in [3.63, 3.8) is 0 Å². The van der Waals surface area contributed by atoms with Crippen LogP contribution in [0.25, 0.3) is 5.76 Å². The van der Waals surface area contributed by atoms with Crippen molar-refractivity contribution in [1.82, 2.24) is 0 Å². The molecule has 1 aromatic rings. The van der Waals surface area contributed by atoms with E-state index in [9.17, 15) is 0 Å². The third-order valence-electron chi connectivity index (χ3n) is 9.42. The van der Waals surface area contributed by atoms with Crippen LogP contribution in [0.1, 0.15) is 46.1 Å². The zero-order chi connectivity index (χ0) is 23.7. The van der Waals surface area contributed by atoms with E-state index in [1.807, 2.05) is 0 Å². The minimum atomic E-state index is -2.06. The number of rotatable bonds is 1. The maximum atomic E-state index is 6.90. The fraction of sp³-hybridized carbons (Fsp3) is 0.519. The average molecular weight is 474 g/mol. The monoisotopic (exact) mass is 474 g/mol. The lowest BCUT2D eigenvalue weighted by Crippen LogP contribution is -2.55. The van der Waals surface area contributed by atoms with Gasteiger partial charge in [-0.3, -0.25) is 0 Å². The highest BCUT2D eigenvalue weighted by molar-refractivity contribution is 6.99. The smallest absolute Gasteiger partial charge is 0.467 e. The molecule has 7 rings (SSSR count). The fourth-order valence-electron chi connectivity index (χ4n) is 6.33. The normalized spacial score (nSPS) is 28.3. The Bertz CT molecular complexity index is 1260. The highest BCUT2D eigenvalue weighted by Gasteiger charge is 2.60. The Morgan fingerprint density at radius 2 is 1.68 bits per heavy atom. The molecule has 5 nitrogen and oxygen atoms in total. The molecular weight excluding hydrogens is 439 g/mol. The Morgan fingerprint density at radius 3 is 2.26 bits per heavy atom. The molecule has 3 fully saturated rings. The van der Waals surface area contributed by atoms with Crippen LogP contribution in [0.4, 0.5) is 5.69 Å². The van der Waals surface area contributed by atoms with E-state index < -0.39 is 26.0 Å². The van der Waals surface area contributed by atoms with Crippen molar-refractivity contribution in [3.05, 3.63) is 46.7 Å². The van der Waals surface area contributed by atoms with E-state index in [0.29, 0.717) is 0 Å². The molecular formula is C27H35BN2O3Si. The van der Waals surface area contributed by atoms with Crippen LogP contribution in [-0.4, -0.2) is 62.5 Å². The number of benzene rings is 1. The van der Waals surface area contributed by atoms with E-state index in [1.165, 1.54) is 45.8 Å². The molecule has 1 spiro atoms. The fourth-order valence-corrected chi connectivity index (χ4v) is 9.39. The molecule has 6 aliphatic rings. The molecule has 7 heteroatoms. The minimum Gasteiger partial charge on any atom is -0.666 e. The van der Waals surface area contributed by atoms with Crippen molar-refractivity contribution in [2.75, 3.05) is 31.1 Å². The van der Waals surface area contributed by atoms with Crippen molar-refractivity contribution >= 4 is 42.6 Å². The van der Waals surface area contributed by atoms with Gasteiger partial charge < -0.3 is 18.9 Å². The third kappa shape index (κ3) is 2.56. The van der Waals surface area contributed by atoms with Gasteiger partial charge in [-0.25, -0.2) is 4.58 Å². The van der Waals surface area contributed by atoms with E-state index in [4.69, 9.17) is 14.0 Å². The first-order valence-corrected chi connectivity index (χ1v) is 16.0. The van der Waals surface area contributed by atoms with Crippen LogP contribution in [0, 0.1) is 0 Å². The summed E-state index contributed by atoms with van der Waals surface area (Å²) in [7, 11) is -1.99. The minimum absolute atomic E-state index is 0.460. The second kappa shape index (κ2) is 6.37. The lowest BCUT2D eigenvalue weighted by Gasteiger charge is -2.39. The molecule has 0 aromatic heterocycles. The summed E-state index contributed by atoms with van der Waals surface area (Å²) in [5, 5.41) is 2.93. The highest BCUT2D eigenvalue weighted by Crippen LogP contribution is 2.50. The molecule has 1 aromatic carbocycles. The van der Waals surface area contributed by atoms with Gasteiger partial charge in [0.2, 0.25) is 0 Å². The summed E-state index contributed by atoms with van der Waals surface area (Å²) in [5.74, 6) is 0.964. The van der Waals surface area contributed by atoms with Gasteiger partial charge in [-0.15, -0.1) is 0 Å². The molecule has 178 valence electrons. The number of nitrogens with zero attached hydrogens (tertiary/aromatic N) is 2. The van der Waals surface area contributed by atoms with Gasteiger partial charge in [-0.05, 0) is 62.2 Å². The molecule has 0 radical (unpaired) electrons. The summed E-state index contributed by atoms with van der Waals surface area (Å²) in [6, 6.07) is 4.78. The van der Waals surface area contributed by atoms with Crippen LogP contribution in [0.2, 0.25) is 13.1 Å². The lowest BCUT2D eigenvalue weighted by molar-refractivity contribution is -0.582. The third-order valence-corrected chi connectivity index (χ3v) is 12.9. The summed E-state index contributed by atoms with van der Waals surface area (Å²) in [6.07, 6.45) is 9.57. The number of allylic oxidation sites excluding steroid dienone is 5. The molecule has 0 N–H and O–H groups in total. The van der Waals surface area contributed by atoms with Crippen molar-refractivity contribution in [1.29, 1.82) is 0 Å². The van der Waals surface area contributed by atoms with E-state index in [2.05, 4.69) is 80.6 Å². The maximum Gasteiger partial charge on any atom is 0.467 e. The van der Waals surface area contributed by atoms with Crippen LogP contribution in [-0.2, 0) is 14.0 Å². The average Bonchev–Trinajstić information content (AvgIpc) is 3.06. The first-order valence-electron chi connectivity index (χ1n) is 13.0. The molecule has 34 heavy (non-hydrogen) atoms. The standard InChI is InChI=1S/C27H35BN2O3Si/c1-26(2)27(3,4)33-28(32-26)21-15-19(30-13-8-14-30)17-23-24(21)25(31-28)20-10-9-18(29-11-7-12-29)16-22(20)34(23,5)6/h9-10,15-17H,7-8,11-14H2,1-6H3. The SMILES string of the molecule is CC1(C)O[B-]2(OC3=C4C=CC(=[N+]5CCC5)C=C4[Si](C)(C)c4cc(N5CCC5)cc2c43)OC1(C)C. The Balaban J connectivity index is 1.49. The van der Waals surface area contributed by atoms with Crippen LogP contribution in [0.15, 0.2) is 41.1 Å². The molecule has 0 amide bonds. The zero-order valence-electron chi connectivity index (χ0n) is 21.3. The first-order chi connectivity index (χ1) is 16.0. The number of hydrogen-bond donors (Lipinski definition) is 0. The molecule has 0 bridgehead atoms. The molecule has 0 atom stereocenters. The van der Waals surface area contributed by atoms with Crippen LogP contribution >= 0.6 is 0 Å². The summed E-state index contributed by atoms with van der Waals surface area (Å²) < 4.78 is 23.0. The molecule has 1 aliphatic carbocycles. The van der Waals surface area contributed by atoms with Crippen molar-refractivity contribution in [2.45, 2.75) is 64.8 Å². The summed E-state index contributed by atoms with van der Waals surface area (Å²) in [5.41, 5.74) is 5.33. The van der Waals surface area contributed by atoms with Gasteiger partial charge in [0.25, 0.3) is 0 Å². The summed E-state index contributed by atoms with van der Waals surface area (Å²) >= 11 is 0. The molecule has 0 unspecified atom stereocenters. The summed E-state index contributed by atoms with van der Waals surface area (Å²) in [6.45, 7) is 16.0. The van der Waals surface area contributed by atoms with Crippen molar-refractivity contribution < 1.29 is 18.5 Å². The second-order valence-corrected chi connectivity index (χ2v) is 16.7. The van der Waals surface area contributed by atoms with Crippen LogP contribution < -0.4 is 15.5 Å². The van der Waals surface area contributed by atoms with Crippen LogP contribution in [0.5, 0.6) is 0 Å². The number of fused-ring (bicyclic) bond motifs is 2. The Kier molecular flexibility index (Phi) is 3.97. The number of hydrogen-bond acceptors (Lipinski definition) is 4. The van der Waals surface area contributed by atoms with E-state index in [-0.39, 0.29) is 0 Å². The summed E-state index contributed by atoms with van der Waals surface area (Å²) in [4.78, 5) is 2.49. The van der Waals surface area contributed by atoms with Gasteiger partial charge in [0, 0.05) is 47.7 Å². The molecule has 5 aliphatic heterocycles. The number of anilines is 1. The maximum absolute atomic E-state index is 6.90. The topological polar surface area (TPSA) is 33.9 Å². The van der Waals surface area contributed by atoms with Gasteiger partial charge >= 0.3 is 6.75 Å². The first kappa shape index (κ1) is 21.2. The van der Waals surface area contributed by atoms with Crippen LogP contribution in [0.3, 0.4) is 0 Å². The van der Waals surface area contributed by atoms with Gasteiger partial charge in [0.15, 0.2) is 5.71 Å². The van der Waals surface area contributed by atoms with Gasteiger partial charge in [0.1, 0.15) is 21.2 Å². The second-order valence-electron chi connectivity index (χ2n) is 12.3. The predicted molar refractivity (Wildman–Crippen MR) is 141 cm³/mol. The van der Waals surface area contributed by atoms with Gasteiger partial charge in [0.05, 0.1) is 12.2 Å². The zero-order valence-corrected chi connectivity index (χ0v) is 22.3. The van der Waals surface area contributed by atoms with Gasteiger partial charge in [-0.1, -0.05) is 24.6 Å². The molecule has 5 heterocycles. The van der Waals surface area contributed by atoms with Gasteiger partial charge in [-0.2, -0.15) is 0 Å².